The molecule has 3 aromatic rings. The lowest BCUT2D eigenvalue weighted by Gasteiger charge is -2.00. The van der Waals surface area contributed by atoms with Gasteiger partial charge in [0.2, 0.25) is 0 Å². The second-order valence-corrected chi connectivity index (χ2v) is 3.89. The molecule has 0 amide bonds. The fourth-order valence-corrected chi connectivity index (χ4v) is 1.74. The second kappa shape index (κ2) is 4.41. The van der Waals surface area contributed by atoms with Crippen molar-refractivity contribution in [1.82, 2.24) is 14.8 Å². The van der Waals surface area contributed by atoms with E-state index in [1.807, 2.05) is 18.3 Å². The molecule has 2 heterocycles. The first-order chi connectivity index (χ1) is 8.83. The van der Waals surface area contributed by atoms with Gasteiger partial charge < -0.3 is 0 Å². The molecule has 3 rings (SSSR count). The van der Waals surface area contributed by atoms with Crippen LogP contribution in [0.15, 0.2) is 61.2 Å². The highest BCUT2D eigenvalue weighted by molar-refractivity contribution is 5.60. The van der Waals surface area contributed by atoms with Crippen molar-refractivity contribution in [3.8, 4) is 16.8 Å². The third-order valence-corrected chi connectivity index (χ3v) is 2.67. The van der Waals surface area contributed by atoms with Gasteiger partial charge in [-0.3, -0.25) is 4.98 Å². The van der Waals surface area contributed by atoms with Crippen LogP contribution in [-0.4, -0.2) is 14.8 Å². The van der Waals surface area contributed by atoms with Crippen molar-refractivity contribution in [3.05, 3.63) is 67.0 Å². The molecule has 0 aliphatic rings. The molecule has 1 aromatic carbocycles. The maximum absolute atomic E-state index is 12.8. The molecule has 2 aromatic heterocycles. The summed E-state index contributed by atoms with van der Waals surface area (Å²) >= 11 is 0. The Bertz CT molecular complexity index is 644. The number of nitrogens with zero attached hydrogens (tertiary/aromatic N) is 3. The first-order valence-electron chi connectivity index (χ1n) is 5.54. The van der Waals surface area contributed by atoms with Crippen LogP contribution >= 0.6 is 0 Å². The number of rotatable bonds is 2. The number of pyridine rings is 1. The van der Waals surface area contributed by atoms with Crippen LogP contribution in [0.4, 0.5) is 4.39 Å². The highest BCUT2D eigenvalue weighted by atomic mass is 19.1. The summed E-state index contributed by atoms with van der Waals surface area (Å²) in [5, 5.41) is 4.26. The number of hydrogen-bond acceptors (Lipinski definition) is 2. The second-order valence-electron chi connectivity index (χ2n) is 3.89. The average molecular weight is 239 g/mol. The van der Waals surface area contributed by atoms with Gasteiger partial charge in [-0.25, -0.2) is 9.07 Å². The molecule has 0 atom stereocenters. The van der Waals surface area contributed by atoms with Gasteiger partial charge in [0.25, 0.3) is 0 Å². The highest BCUT2D eigenvalue weighted by Crippen LogP contribution is 2.18. The maximum Gasteiger partial charge on any atom is 0.123 e. The summed E-state index contributed by atoms with van der Waals surface area (Å²) in [6, 6.07) is 10.1. The van der Waals surface area contributed by atoms with Crippen molar-refractivity contribution in [3.63, 3.8) is 0 Å². The number of benzene rings is 1. The van der Waals surface area contributed by atoms with E-state index >= 15 is 0 Å². The molecule has 0 N–H and O–H groups in total. The molecule has 88 valence electrons. The summed E-state index contributed by atoms with van der Waals surface area (Å²) in [6.07, 6.45) is 7.17. The first kappa shape index (κ1) is 10.7. The fraction of sp³-hybridized carbons (Fsp3) is 0. The van der Waals surface area contributed by atoms with Crippen LogP contribution < -0.4 is 0 Å². The Morgan fingerprint density at radius 1 is 0.944 bits per heavy atom. The van der Waals surface area contributed by atoms with Crippen LogP contribution in [0.5, 0.6) is 0 Å². The van der Waals surface area contributed by atoms with Gasteiger partial charge in [0, 0.05) is 29.7 Å². The average Bonchev–Trinajstić information content (AvgIpc) is 2.90. The van der Waals surface area contributed by atoms with Crippen molar-refractivity contribution in [2.75, 3.05) is 0 Å². The summed E-state index contributed by atoms with van der Waals surface area (Å²) in [5.74, 6) is -0.251. The van der Waals surface area contributed by atoms with Gasteiger partial charge in [0.05, 0.1) is 11.9 Å². The van der Waals surface area contributed by atoms with E-state index in [-0.39, 0.29) is 5.82 Å². The van der Waals surface area contributed by atoms with Crippen LogP contribution in [-0.2, 0) is 0 Å². The van der Waals surface area contributed by atoms with E-state index in [0.717, 1.165) is 16.8 Å². The number of aromatic nitrogens is 3. The Hall–Kier alpha value is -2.49. The third-order valence-electron chi connectivity index (χ3n) is 2.67. The predicted molar refractivity (Wildman–Crippen MR) is 66.8 cm³/mol. The Morgan fingerprint density at radius 3 is 2.50 bits per heavy atom. The molecular weight excluding hydrogens is 229 g/mol. The van der Waals surface area contributed by atoms with Gasteiger partial charge >= 0.3 is 0 Å². The zero-order valence-corrected chi connectivity index (χ0v) is 9.49. The van der Waals surface area contributed by atoms with Crippen molar-refractivity contribution in [2.45, 2.75) is 0 Å². The zero-order chi connectivity index (χ0) is 12.4. The van der Waals surface area contributed by atoms with Gasteiger partial charge in [-0.2, -0.15) is 5.10 Å². The summed E-state index contributed by atoms with van der Waals surface area (Å²) in [4.78, 5) is 4.07. The van der Waals surface area contributed by atoms with Gasteiger partial charge in [-0.05, 0) is 30.3 Å². The van der Waals surface area contributed by atoms with Crippen molar-refractivity contribution in [2.24, 2.45) is 0 Å². The van der Waals surface area contributed by atoms with Crippen LogP contribution in [0.25, 0.3) is 16.8 Å². The molecule has 4 heteroatoms. The Balaban J connectivity index is 1.97. The molecule has 0 aliphatic carbocycles. The molecule has 3 nitrogen and oxygen atoms in total. The minimum absolute atomic E-state index is 0.251. The van der Waals surface area contributed by atoms with Gasteiger partial charge in [-0.15, -0.1) is 0 Å². The summed E-state index contributed by atoms with van der Waals surface area (Å²) in [7, 11) is 0. The lowest BCUT2D eigenvalue weighted by Crippen LogP contribution is -1.93. The zero-order valence-electron chi connectivity index (χ0n) is 9.49. The van der Waals surface area contributed by atoms with E-state index in [4.69, 9.17) is 0 Å². The first-order valence-corrected chi connectivity index (χ1v) is 5.54. The van der Waals surface area contributed by atoms with Crippen LogP contribution in [0.1, 0.15) is 0 Å². The molecule has 0 aliphatic heterocycles. The molecule has 0 spiro atoms. The fourth-order valence-electron chi connectivity index (χ4n) is 1.74. The lowest BCUT2D eigenvalue weighted by molar-refractivity contribution is 0.627. The topological polar surface area (TPSA) is 30.7 Å². The standard InChI is InChI=1S/C14H10FN3/c15-13-3-5-14(6-4-13)18-10-12(9-17-18)11-2-1-7-16-8-11/h1-10H. The number of halogens is 1. The molecule has 0 unspecified atom stereocenters. The van der Waals surface area contributed by atoms with Gasteiger partial charge in [0.1, 0.15) is 5.82 Å². The van der Waals surface area contributed by atoms with Crippen molar-refractivity contribution in [1.29, 1.82) is 0 Å². The summed E-state index contributed by atoms with van der Waals surface area (Å²) < 4.78 is 14.5. The molecule has 18 heavy (non-hydrogen) atoms. The molecule has 0 radical (unpaired) electrons. The van der Waals surface area contributed by atoms with E-state index in [1.165, 1.54) is 12.1 Å². The lowest BCUT2D eigenvalue weighted by atomic mass is 10.2. The summed E-state index contributed by atoms with van der Waals surface area (Å²) in [6.45, 7) is 0. The van der Waals surface area contributed by atoms with E-state index in [1.54, 1.807) is 35.4 Å². The van der Waals surface area contributed by atoms with Crippen LogP contribution in [0.2, 0.25) is 0 Å². The predicted octanol–water partition coefficient (Wildman–Crippen LogP) is 3.07. The normalized spacial score (nSPS) is 10.5. The minimum Gasteiger partial charge on any atom is -0.264 e. The molecular formula is C14H10FN3. The van der Waals surface area contributed by atoms with Crippen molar-refractivity contribution < 1.29 is 4.39 Å². The smallest absolute Gasteiger partial charge is 0.123 e. The van der Waals surface area contributed by atoms with E-state index in [9.17, 15) is 4.39 Å². The van der Waals surface area contributed by atoms with Crippen molar-refractivity contribution >= 4 is 0 Å². The highest BCUT2D eigenvalue weighted by Gasteiger charge is 2.03. The Kier molecular flexibility index (Phi) is 2.61. The van der Waals surface area contributed by atoms with E-state index in [0.29, 0.717) is 0 Å². The summed E-state index contributed by atoms with van der Waals surface area (Å²) in [5.41, 5.74) is 2.81. The molecule has 0 saturated heterocycles. The van der Waals surface area contributed by atoms with E-state index in [2.05, 4.69) is 10.1 Å². The maximum atomic E-state index is 12.8. The van der Waals surface area contributed by atoms with E-state index < -0.39 is 0 Å². The molecule has 0 fully saturated rings. The molecule has 0 bridgehead atoms. The van der Waals surface area contributed by atoms with Gasteiger partial charge in [-0.1, -0.05) is 6.07 Å². The van der Waals surface area contributed by atoms with Crippen LogP contribution in [0, 0.1) is 5.82 Å². The Labute approximate surface area is 104 Å². The minimum atomic E-state index is -0.251. The van der Waals surface area contributed by atoms with Crippen LogP contribution in [0.3, 0.4) is 0 Å². The quantitative estimate of drug-likeness (QED) is 0.688. The Morgan fingerprint density at radius 2 is 1.78 bits per heavy atom. The third kappa shape index (κ3) is 2.00. The number of hydrogen-bond donors (Lipinski definition) is 0. The SMILES string of the molecule is Fc1ccc(-n2cc(-c3cccnc3)cn2)cc1. The molecule has 0 saturated carbocycles. The van der Waals surface area contributed by atoms with Gasteiger partial charge in [0.15, 0.2) is 0 Å². The largest absolute Gasteiger partial charge is 0.264 e. The monoisotopic (exact) mass is 239 g/mol.